The van der Waals surface area contributed by atoms with Gasteiger partial charge in [-0.3, -0.25) is 0 Å². The highest BCUT2D eigenvalue weighted by molar-refractivity contribution is 5.59. The third-order valence-corrected chi connectivity index (χ3v) is 1.62. The number of nitrogen functional groups attached to an aromatic ring is 1. The van der Waals surface area contributed by atoms with Crippen LogP contribution in [0.4, 0.5) is 5.95 Å². The van der Waals surface area contributed by atoms with Crippen molar-refractivity contribution in [1.29, 1.82) is 0 Å². The summed E-state index contributed by atoms with van der Waals surface area (Å²) in [7, 11) is 0. The third-order valence-electron chi connectivity index (χ3n) is 1.62. The van der Waals surface area contributed by atoms with E-state index < -0.39 is 0 Å². The summed E-state index contributed by atoms with van der Waals surface area (Å²) in [5.41, 5.74) is 6.61. The van der Waals surface area contributed by atoms with E-state index in [9.17, 15) is 0 Å². The fraction of sp³-hybridized carbons (Fsp3) is 0. The quantitative estimate of drug-likeness (QED) is 0.714. The highest BCUT2D eigenvalue weighted by Gasteiger charge is 1.97. The number of aromatic nitrogens is 2. The summed E-state index contributed by atoms with van der Waals surface area (Å²) in [4.78, 5) is 7.57. The van der Waals surface area contributed by atoms with Crippen molar-refractivity contribution in [2.45, 2.75) is 0 Å². The fourth-order valence-electron chi connectivity index (χ4n) is 1.04. The predicted molar refractivity (Wildman–Crippen MR) is 51.9 cm³/mol. The molecular weight excluding hydrogens is 162 g/mol. The van der Waals surface area contributed by atoms with Gasteiger partial charge in [0.25, 0.3) is 0 Å². The summed E-state index contributed by atoms with van der Waals surface area (Å²) in [6, 6.07) is 9.20. The molecule has 0 atom stereocenters. The molecule has 0 aliphatic rings. The molecule has 0 aliphatic carbocycles. The van der Waals surface area contributed by atoms with Gasteiger partial charge in [0.2, 0.25) is 5.95 Å². The van der Waals surface area contributed by atoms with Crippen LogP contribution >= 0.6 is 0 Å². The zero-order chi connectivity index (χ0) is 10.8. The van der Waals surface area contributed by atoms with Crippen LogP contribution in [0.25, 0.3) is 11.3 Å². The van der Waals surface area contributed by atoms with Crippen LogP contribution in [0, 0.1) is 0 Å². The molecule has 2 N–H and O–H groups in total. The van der Waals surface area contributed by atoms with Crippen molar-refractivity contribution in [3.63, 3.8) is 0 Å². The second-order valence-electron chi connectivity index (χ2n) is 2.53. The van der Waals surface area contributed by atoms with Gasteiger partial charge in [0.05, 0.1) is 8.44 Å². The molecule has 0 spiro atoms. The first kappa shape index (κ1) is 5.70. The molecule has 0 saturated heterocycles. The van der Waals surface area contributed by atoms with E-state index in [2.05, 4.69) is 9.97 Å². The molecule has 0 amide bonds. The van der Waals surface area contributed by atoms with Crippen LogP contribution in [0.1, 0.15) is 2.74 Å². The minimum absolute atomic E-state index is 0.00426. The van der Waals surface area contributed by atoms with Crippen molar-refractivity contribution in [1.82, 2.24) is 9.97 Å². The molecule has 1 aromatic carbocycles. The lowest BCUT2D eigenvalue weighted by Gasteiger charge is -1.99. The maximum Gasteiger partial charge on any atom is 0.220 e. The minimum Gasteiger partial charge on any atom is -0.368 e. The molecule has 64 valence electrons. The van der Waals surface area contributed by atoms with E-state index in [0.29, 0.717) is 5.69 Å². The average molecular weight is 173 g/mol. The number of hydrogen-bond acceptors (Lipinski definition) is 3. The van der Waals surface area contributed by atoms with Crippen LogP contribution in [0.15, 0.2) is 42.5 Å². The second kappa shape index (κ2) is 3.23. The van der Waals surface area contributed by atoms with Gasteiger partial charge in [0, 0.05) is 11.7 Å². The van der Waals surface area contributed by atoms with Crippen LogP contribution in [0.2, 0.25) is 0 Å². The van der Waals surface area contributed by atoms with Gasteiger partial charge >= 0.3 is 0 Å². The molecule has 0 radical (unpaired) electrons. The molecule has 0 bridgehead atoms. The Morgan fingerprint density at radius 2 is 2.00 bits per heavy atom. The maximum absolute atomic E-state index is 7.66. The standard InChI is InChI=1S/C10H9N3/c11-10-12-7-6-9(13-10)8-4-2-1-3-5-8/h1-7H,(H2,11,12,13)/i6D,7D. The number of benzene rings is 1. The van der Waals surface area contributed by atoms with Gasteiger partial charge in [-0.15, -0.1) is 0 Å². The summed E-state index contributed by atoms with van der Waals surface area (Å²) in [6.07, 6.45) is -0.152. The van der Waals surface area contributed by atoms with Crippen molar-refractivity contribution in [3.05, 3.63) is 42.5 Å². The molecule has 3 heteroatoms. The molecule has 3 nitrogen and oxygen atoms in total. The van der Waals surface area contributed by atoms with E-state index in [1.54, 1.807) is 0 Å². The van der Waals surface area contributed by atoms with Crippen molar-refractivity contribution >= 4 is 5.95 Å². The SMILES string of the molecule is [2H]c1nc(N)nc(-c2ccccc2)c1[2H]. The Morgan fingerprint density at radius 3 is 2.77 bits per heavy atom. The largest absolute Gasteiger partial charge is 0.368 e. The Kier molecular flexibility index (Phi) is 1.41. The number of nitrogens with two attached hydrogens (primary N) is 1. The first-order valence-corrected chi connectivity index (χ1v) is 3.84. The van der Waals surface area contributed by atoms with Crippen molar-refractivity contribution in [3.8, 4) is 11.3 Å². The summed E-state index contributed by atoms with van der Waals surface area (Å²) in [5.74, 6) is 0.0230. The summed E-state index contributed by atoms with van der Waals surface area (Å²) in [6.45, 7) is 0. The maximum atomic E-state index is 7.66. The van der Waals surface area contributed by atoms with Gasteiger partial charge in [0.1, 0.15) is 0 Å². The van der Waals surface area contributed by atoms with E-state index in [4.69, 9.17) is 8.48 Å². The number of hydrogen-bond donors (Lipinski definition) is 1. The van der Waals surface area contributed by atoms with Crippen molar-refractivity contribution < 1.29 is 2.74 Å². The Morgan fingerprint density at radius 1 is 1.23 bits per heavy atom. The normalized spacial score (nSPS) is 12.0. The third kappa shape index (κ3) is 1.64. The van der Waals surface area contributed by atoms with Crippen LogP contribution in [0.3, 0.4) is 0 Å². The molecule has 0 saturated carbocycles. The molecule has 2 aromatic rings. The molecule has 2 rings (SSSR count). The molecule has 1 heterocycles. The lowest BCUT2D eigenvalue weighted by Crippen LogP contribution is -1.94. The molecule has 0 aliphatic heterocycles. The molecule has 0 unspecified atom stereocenters. The van der Waals surface area contributed by atoms with E-state index >= 15 is 0 Å². The molecule has 0 fully saturated rings. The van der Waals surface area contributed by atoms with Gasteiger partial charge < -0.3 is 5.73 Å². The van der Waals surface area contributed by atoms with Gasteiger partial charge in [-0.25, -0.2) is 9.97 Å². The number of rotatable bonds is 1. The summed E-state index contributed by atoms with van der Waals surface area (Å²) >= 11 is 0. The first-order chi connectivity index (χ1) is 7.18. The Balaban J connectivity index is 2.63. The van der Waals surface area contributed by atoms with Crippen molar-refractivity contribution in [2.75, 3.05) is 5.73 Å². The van der Waals surface area contributed by atoms with E-state index in [0.717, 1.165) is 5.56 Å². The van der Waals surface area contributed by atoms with E-state index in [1.165, 1.54) is 0 Å². The first-order valence-electron chi connectivity index (χ1n) is 4.84. The van der Waals surface area contributed by atoms with E-state index in [-0.39, 0.29) is 18.2 Å². The zero-order valence-corrected chi connectivity index (χ0v) is 6.86. The number of nitrogens with zero attached hydrogens (tertiary/aromatic N) is 2. The van der Waals surface area contributed by atoms with Gasteiger partial charge in [-0.2, -0.15) is 0 Å². The zero-order valence-electron chi connectivity index (χ0n) is 8.86. The van der Waals surface area contributed by atoms with Crippen LogP contribution in [-0.4, -0.2) is 9.97 Å². The fourth-order valence-corrected chi connectivity index (χ4v) is 1.04. The van der Waals surface area contributed by atoms with Gasteiger partial charge in [0.15, 0.2) is 0 Å². The Hall–Kier alpha value is -1.90. The summed E-state index contributed by atoms with van der Waals surface area (Å²) in [5, 5.41) is 0. The topological polar surface area (TPSA) is 51.8 Å². The minimum atomic E-state index is -0.152. The van der Waals surface area contributed by atoms with E-state index in [1.807, 2.05) is 30.3 Å². The van der Waals surface area contributed by atoms with Crippen LogP contribution < -0.4 is 5.73 Å². The predicted octanol–water partition coefficient (Wildman–Crippen LogP) is 1.73. The lowest BCUT2D eigenvalue weighted by molar-refractivity contribution is 1.19. The second-order valence-corrected chi connectivity index (χ2v) is 2.53. The average Bonchev–Trinajstić information content (AvgIpc) is 2.24. The van der Waals surface area contributed by atoms with Crippen molar-refractivity contribution in [2.24, 2.45) is 0 Å². The molecule has 13 heavy (non-hydrogen) atoms. The highest BCUT2D eigenvalue weighted by Crippen LogP contribution is 2.15. The lowest BCUT2D eigenvalue weighted by atomic mass is 10.1. The highest BCUT2D eigenvalue weighted by atomic mass is 15.0. The molecule has 1 aromatic heterocycles. The number of anilines is 1. The Labute approximate surface area is 79.1 Å². The smallest absolute Gasteiger partial charge is 0.220 e. The van der Waals surface area contributed by atoms with Gasteiger partial charge in [-0.05, 0) is 6.04 Å². The van der Waals surface area contributed by atoms with Crippen LogP contribution in [0.5, 0.6) is 0 Å². The monoisotopic (exact) mass is 173 g/mol. The summed E-state index contributed by atoms with van der Waals surface area (Å²) < 4.78 is 15.1. The Bertz CT molecular complexity index is 486. The van der Waals surface area contributed by atoms with Gasteiger partial charge in [-0.1, -0.05) is 30.3 Å². The van der Waals surface area contributed by atoms with Crippen LogP contribution in [-0.2, 0) is 0 Å². The molecular formula is C10H9N3.